The van der Waals surface area contributed by atoms with Gasteiger partial charge in [-0.05, 0) is 49.2 Å². The average molecular weight is 427 g/mol. The number of allylic oxidation sites excluding steroid dienone is 1. The summed E-state index contributed by atoms with van der Waals surface area (Å²) in [6.45, 7) is 1.82. The quantitative estimate of drug-likeness (QED) is 0.553. The van der Waals surface area contributed by atoms with E-state index in [0.29, 0.717) is 5.56 Å². The molecule has 27 heavy (non-hydrogen) atoms. The molecule has 3 aliphatic rings. The van der Waals surface area contributed by atoms with Crippen LogP contribution in [0.3, 0.4) is 0 Å². The van der Waals surface area contributed by atoms with Gasteiger partial charge < -0.3 is 20.5 Å². The number of hydrogen-bond donors (Lipinski definition) is 2. The zero-order valence-corrected chi connectivity index (χ0v) is 16.4. The summed E-state index contributed by atoms with van der Waals surface area (Å²) in [5.41, 5.74) is 10.0. The van der Waals surface area contributed by atoms with E-state index < -0.39 is 5.54 Å². The molecule has 2 aromatic carbocycles. The number of benzene rings is 2. The number of nitrogens with one attached hydrogen (secondary N) is 1. The average Bonchev–Trinajstić information content (AvgIpc) is 3.26. The molecule has 3 N–H and O–H groups in total. The second-order valence-corrected chi connectivity index (χ2v) is 8.20. The zero-order valence-electron chi connectivity index (χ0n) is 14.8. The maximum Gasteiger partial charge on any atom is 0.231 e. The topological polar surface area (TPSA) is 73.6 Å². The number of hydrogen-bond acceptors (Lipinski definition) is 5. The Bertz CT molecular complexity index is 1000. The second-order valence-electron chi connectivity index (χ2n) is 7.34. The number of Topliss-reactive ketones (excluding diaryl/α,β-unsaturated/α-hetero) is 1. The van der Waals surface area contributed by atoms with Crippen molar-refractivity contribution >= 4 is 27.4 Å². The van der Waals surface area contributed by atoms with Gasteiger partial charge in [0, 0.05) is 27.2 Å². The fraction of sp³-hybridized carbons (Fsp3) is 0.286. The first kappa shape index (κ1) is 16.8. The zero-order chi connectivity index (χ0) is 18.8. The molecule has 2 heterocycles. The van der Waals surface area contributed by atoms with Gasteiger partial charge in [-0.15, -0.1) is 0 Å². The maximum absolute atomic E-state index is 11.9. The monoisotopic (exact) mass is 426 g/mol. The Morgan fingerprint density at radius 3 is 2.81 bits per heavy atom. The Balaban J connectivity index is 1.64. The van der Waals surface area contributed by atoms with E-state index in [1.165, 1.54) is 0 Å². The van der Waals surface area contributed by atoms with Crippen molar-refractivity contribution in [1.82, 2.24) is 0 Å². The largest absolute Gasteiger partial charge is 0.454 e. The van der Waals surface area contributed by atoms with Crippen LogP contribution in [0.1, 0.15) is 40.9 Å². The first-order valence-electron chi connectivity index (χ1n) is 8.95. The fourth-order valence-corrected chi connectivity index (χ4v) is 4.98. The molecule has 6 heteroatoms. The van der Waals surface area contributed by atoms with E-state index in [2.05, 4.69) is 33.4 Å². The number of halogens is 1. The van der Waals surface area contributed by atoms with Crippen LogP contribution in [0.15, 0.2) is 47.0 Å². The molecule has 0 saturated heterocycles. The van der Waals surface area contributed by atoms with Crippen molar-refractivity contribution in [3.63, 3.8) is 0 Å². The number of fused-ring (bicyclic) bond motifs is 4. The Hall–Kier alpha value is -2.31. The minimum Gasteiger partial charge on any atom is -0.454 e. The predicted molar refractivity (Wildman–Crippen MR) is 106 cm³/mol. The number of anilines is 1. The Morgan fingerprint density at radius 2 is 2.04 bits per heavy atom. The van der Waals surface area contributed by atoms with Gasteiger partial charge in [-0.1, -0.05) is 28.1 Å². The predicted octanol–water partition coefficient (Wildman–Crippen LogP) is 4.28. The lowest BCUT2D eigenvalue weighted by atomic mass is 9.71. The molecule has 0 spiro atoms. The van der Waals surface area contributed by atoms with Crippen LogP contribution < -0.4 is 20.5 Å². The van der Waals surface area contributed by atoms with E-state index in [4.69, 9.17) is 15.2 Å². The lowest BCUT2D eigenvalue weighted by Crippen LogP contribution is -2.48. The third-order valence-corrected chi connectivity index (χ3v) is 6.52. The van der Waals surface area contributed by atoms with Gasteiger partial charge in [0.25, 0.3) is 0 Å². The molecule has 1 aliphatic carbocycles. The third kappa shape index (κ3) is 2.43. The van der Waals surface area contributed by atoms with Crippen LogP contribution in [0.5, 0.6) is 11.5 Å². The van der Waals surface area contributed by atoms with E-state index in [1.807, 2.05) is 30.3 Å². The fourth-order valence-electron chi connectivity index (χ4n) is 4.41. The number of carbonyl (C=O) groups is 1. The van der Waals surface area contributed by atoms with Crippen molar-refractivity contribution in [2.45, 2.75) is 24.9 Å². The molecule has 5 nitrogen and oxygen atoms in total. The minimum absolute atomic E-state index is 0.00422. The lowest BCUT2D eigenvalue weighted by Gasteiger charge is -2.44. The van der Waals surface area contributed by atoms with Gasteiger partial charge in [-0.3, -0.25) is 4.79 Å². The maximum atomic E-state index is 11.9. The first-order chi connectivity index (χ1) is 13.0. The highest BCUT2D eigenvalue weighted by atomic mass is 79.9. The van der Waals surface area contributed by atoms with Crippen LogP contribution in [0, 0.1) is 5.92 Å². The standard InChI is InChI=1S/C21H19BrN2O3/c1-11(25)12-4-5-17-15(7-12)21(23)6-2-3-14(21)20(24-17)13-8-18-19(9-16(13)22)27-10-26-18/h2,4-9,14,20,24H,3,10,23H2,1H3/t14-,20+,21+/m1/s1. The van der Waals surface area contributed by atoms with Gasteiger partial charge in [0.05, 0.1) is 11.6 Å². The van der Waals surface area contributed by atoms with E-state index in [1.54, 1.807) is 6.92 Å². The van der Waals surface area contributed by atoms with Gasteiger partial charge in [0.15, 0.2) is 17.3 Å². The van der Waals surface area contributed by atoms with Crippen molar-refractivity contribution in [3.05, 3.63) is 63.6 Å². The highest BCUT2D eigenvalue weighted by Crippen LogP contribution is 2.53. The van der Waals surface area contributed by atoms with Crippen LogP contribution in [0.25, 0.3) is 0 Å². The number of ether oxygens (including phenoxy) is 2. The number of rotatable bonds is 2. The molecule has 0 radical (unpaired) electrons. The van der Waals surface area contributed by atoms with Crippen molar-refractivity contribution < 1.29 is 14.3 Å². The SMILES string of the molecule is CC(=O)c1ccc2c(c1)[C@]1(N)C=CC[C@@H]1[C@H](c1cc3c(cc1Br)OCO3)N2. The van der Waals surface area contributed by atoms with Gasteiger partial charge in [-0.2, -0.15) is 0 Å². The highest BCUT2D eigenvalue weighted by molar-refractivity contribution is 9.10. The Labute approximate surface area is 165 Å². The highest BCUT2D eigenvalue weighted by Gasteiger charge is 2.48. The van der Waals surface area contributed by atoms with Gasteiger partial charge in [-0.25, -0.2) is 0 Å². The molecular formula is C21H19BrN2O3. The van der Waals surface area contributed by atoms with E-state index >= 15 is 0 Å². The minimum atomic E-state index is -0.619. The summed E-state index contributed by atoms with van der Waals surface area (Å²) < 4.78 is 12.0. The summed E-state index contributed by atoms with van der Waals surface area (Å²) in [4.78, 5) is 11.9. The van der Waals surface area contributed by atoms with Crippen LogP contribution in [0.2, 0.25) is 0 Å². The van der Waals surface area contributed by atoms with Crippen LogP contribution >= 0.6 is 15.9 Å². The van der Waals surface area contributed by atoms with Gasteiger partial charge >= 0.3 is 0 Å². The molecule has 5 rings (SSSR count). The second kappa shape index (κ2) is 5.84. The molecule has 0 aromatic heterocycles. The molecule has 138 valence electrons. The summed E-state index contributed by atoms with van der Waals surface area (Å²) in [6, 6.07) is 9.72. The van der Waals surface area contributed by atoms with Crippen molar-refractivity contribution in [1.29, 1.82) is 0 Å². The number of ketones is 1. The summed E-state index contributed by atoms with van der Waals surface area (Å²) in [7, 11) is 0. The summed E-state index contributed by atoms with van der Waals surface area (Å²) >= 11 is 3.69. The molecule has 0 amide bonds. The van der Waals surface area contributed by atoms with Crippen LogP contribution in [-0.4, -0.2) is 12.6 Å². The van der Waals surface area contributed by atoms with E-state index in [9.17, 15) is 4.79 Å². The van der Waals surface area contributed by atoms with Crippen LogP contribution in [-0.2, 0) is 5.54 Å². The molecule has 2 aromatic rings. The molecule has 0 unspecified atom stereocenters. The lowest BCUT2D eigenvalue weighted by molar-refractivity contribution is 0.101. The smallest absolute Gasteiger partial charge is 0.231 e. The van der Waals surface area contributed by atoms with Crippen molar-refractivity contribution in [2.75, 3.05) is 12.1 Å². The summed E-state index contributed by atoms with van der Waals surface area (Å²) in [5, 5.41) is 3.65. The molecular weight excluding hydrogens is 408 g/mol. The van der Waals surface area contributed by atoms with E-state index in [0.717, 1.165) is 39.2 Å². The third-order valence-electron chi connectivity index (χ3n) is 5.83. The molecule has 0 fully saturated rings. The van der Waals surface area contributed by atoms with Gasteiger partial charge in [0.1, 0.15) is 0 Å². The molecule has 0 bridgehead atoms. The summed E-state index contributed by atoms with van der Waals surface area (Å²) in [5.74, 6) is 1.67. The van der Waals surface area contributed by atoms with Crippen molar-refractivity contribution in [2.24, 2.45) is 11.7 Å². The van der Waals surface area contributed by atoms with Crippen molar-refractivity contribution in [3.8, 4) is 11.5 Å². The van der Waals surface area contributed by atoms with Gasteiger partial charge in [0.2, 0.25) is 6.79 Å². The molecule has 2 aliphatic heterocycles. The molecule has 3 atom stereocenters. The van der Waals surface area contributed by atoms with Crippen LogP contribution in [0.4, 0.5) is 5.69 Å². The number of nitrogens with two attached hydrogens (primary N) is 1. The normalized spacial score (nSPS) is 27.1. The molecule has 0 saturated carbocycles. The Kier molecular flexibility index (Phi) is 3.64. The Morgan fingerprint density at radius 1 is 1.26 bits per heavy atom. The summed E-state index contributed by atoms with van der Waals surface area (Å²) in [6.07, 6.45) is 5.07. The first-order valence-corrected chi connectivity index (χ1v) is 9.74. The van der Waals surface area contributed by atoms with E-state index in [-0.39, 0.29) is 24.5 Å². The number of carbonyl (C=O) groups excluding carboxylic acids is 1.